The minimum atomic E-state index is -2.51. The number of hydrogen-bond acceptors (Lipinski definition) is 3. The standard InChI is InChI=1S/C11H13N3O/c1-15-11-9(12)5-2-7-6-13-14(10(7)11)8-3-4-8/h2,5-6,8H,3-4,12H2,1H3/i1D3. The minimum Gasteiger partial charge on any atom is -0.492 e. The average Bonchev–Trinajstić information content (AvgIpc) is 3.01. The van der Waals surface area contributed by atoms with Gasteiger partial charge in [0.15, 0.2) is 5.75 Å². The second-order valence-electron chi connectivity index (χ2n) is 3.84. The smallest absolute Gasteiger partial charge is 0.167 e. The molecule has 1 aliphatic rings. The third-order valence-corrected chi connectivity index (χ3v) is 2.74. The fourth-order valence-corrected chi connectivity index (χ4v) is 1.83. The summed E-state index contributed by atoms with van der Waals surface area (Å²) in [7, 11) is -2.51. The first kappa shape index (κ1) is 6.00. The molecule has 1 aromatic heterocycles. The summed E-state index contributed by atoms with van der Waals surface area (Å²) in [6.45, 7) is 0. The van der Waals surface area contributed by atoms with E-state index in [0.29, 0.717) is 17.2 Å². The number of fused-ring (bicyclic) bond motifs is 1. The van der Waals surface area contributed by atoms with Crippen molar-refractivity contribution < 1.29 is 8.85 Å². The summed E-state index contributed by atoms with van der Waals surface area (Å²) in [6.07, 6.45) is 3.82. The number of nitrogen functional groups attached to an aromatic ring is 1. The topological polar surface area (TPSA) is 53.1 Å². The molecule has 15 heavy (non-hydrogen) atoms. The number of benzene rings is 1. The average molecular weight is 206 g/mol. The zero-order chi connectivity index (χ0) is 12.9. The number of methoxy groups -OCH3 is 1. The molecule has 1 aromatic carbocycles. The van der Waals surface area contributed by atoms with E-state index < -0.39 is 7.04 Å². The van der Waals surface area contributed by atoms with Gasteiger partial charge in [-0.05, 0) is 25.0 Å². The normalized spacial score (nSPS) is 19.6. The Hall–Kier alpha value is -1.71. The molecule has 0 spiro atoms. The first-order valence-electron chi connectivity index (χ1n) is 6.40. The van der Waals surface area contributed by atoms with Gasteiger partial charge in [-0.1, -0.05) is 0 Å². The maximum atomic E-state index is 7.21. The second kappa shape index (κ2) is 2.89. The summed E-state index contributed by atoms with van der Waals surface area (Å²) < 4.78 is 28.5. The van der Waals surface area contributed by atoms with Crippen molar-refractivity contribution in [3.05, 3.63) is 18.3 Å². The van der Waals surface area contributed by atoms with Crippen molar-refractivity contribution in [1.29, 1.82) is 0 Å². The van der Waals surface area contributed by atoms with Gasteiger partial charge in [0.05, 0.1) is 29.1 Å². The molecule has 0 radical (unpaired) electrons. The van der Waals surface area contributed by atoms with Crippen LogP contribution >= 0.6 is 0 Å². The Labute approximate surface area is 91.8 Å². The maximum absolute atomic E-state index is 7.21. The molecular weight excluding hydrogens is 190 g/mol. The van der Waals surface area contributed by atoms with Gasteiger partial charge in [-0.15, -0.1) is 0 Å². The summed E-state index contributed by atoms with van der Waals surface area (Å²) >= 11 is 0. The Morgan fingerprint density at radius 2 is 2.47 bits per heavy atom. The van der Waals surface area contributed by atoms with Crippen LogP contribution in [0, 0.1) is 0 Å². The number of nitrogens with zero attached hydrogens (tertiary/aromatic N) is 2. The fourth-order valence-electron chi connectivity index (χ4n) is 1.83. The largest absolute Gasteiger partial charge is 0.492 e. The molecule has 1 aliphatic carbocycles. The first-order chi connectivity index (χ1) is 8.46. The van der Waals surface area contributed by atoms with E-state index in [1.54, 1.807) is 12.3 Å². The Balaban J connectivity index is 2.19. The van der Waals surface area contributed by atoms with E-state index in [4.69, 9.17) is 14.6 Å². The van der Waals surface area contributed by atoms with E-state index >= 15 is 0 Å². The third kappa shape index (κ3) is 1.17. The van der Waals surface area contributed by atoms with Gasteiger partial charge in [0, 0.05) is 5.39 Å². The number of anilines is 1. The molecule has 0 bridgehead atoms. The molecule has 1 fully saturated rings. The van der Waals surface area contributed by atoms with Crippen molar-refractivity contribution in [2.45, 2.75) is 18.9 Å². The Morgan fingerprint density at radius 1 is 1.60 bits per heavy atom. The van der Waals surface area contributed by atoms with Crippen molar-refractivity contribution in [1.82, 2.24) is 9.78 Å². The van der Waals surface area contributed by atoms with Gasteiger partial charge in [0.2, 0.25) is 0 Å². The van der Waals surface area contributed by atoms with Crippen LogP contribution in [0.25, 0.3) is 10.9 Å². The van der Waals surface area contributed by atoms with Gasteiger partial charge in [-0.2, -0.15) is 5.10 Å². The molecule has 0 amide bonds. The van der Waals surface area contributed by atoms with Gasteiger partial charge < -0.3 is 10.5 Å². The van der Waals surface area contributed by atoms with Crippen molar-refractivity contribution >= 4 is 16.6 Å². The SMILES string of the molecule is [2H]C([2H])([2H])Oc1c(N)ccc2cnn(C3CC3)c12. The molecule has 1 heterocycles. The highest BCUT2D eigenvalue weighted by molar-refractivity contribution is 5.90. The van der Waals surface area contributed by atoms with Crippen LogP contribution in [-0.2, 0) is 0 Å². The number of hydrogen-bond donors (Lipinski definition) is 1. The summed E-state index contributed by atoms with van der Waals surface area (Å²) in [5.41, 5.74) is 6.82. The van der Waals surface area contributed by atoms with Crippen molar-refractivity contribution in [3.63, 3.8) is 0 Å². The highest BCUT2D eigenvalue weighted by Gasteiger charge is 2.27. The molecule has 0 atom stereocenters. The van der Waals surface area contributed by atoms with E-state index in [1.165, 1.54) is 0 Å². The third-order valence-electron chi connectivity index (χ3n) is 2.74. The van der Waals surface area contributed by atoms with E-state index in [9.17, 15) is 0 Å². The lowest BCUT2D eigenvalue weighted by Gasteiger charge is -2.08. The minimum absolute atomic E-state index is 0.205. The molecule has 2 N–H and O–H groups in total. The molecule has 0 unspecified atom stereocenters. The predicted molar refractivity (Wildman–Crippen MR) is 59.0 cm³/mol. The molecule has 2 aromatic rings. The van der Waals surface area contributed by atoms with E-state index in [-0.39, 0.29) is 5.75 Å². The summed E-state index contributed by atoms with van der Waals surface area (Å²) in [4.78, 5) is 0. The quantitative estimate of drug-likeness (QED) is 0.764. The summed E-state index contributed by atoms with van der Waals surface area (Å²) in [5.74, 6) is 0.205. The van der Waals surface area contributed by atoms with Gasteiger partial charge >= 0.3 is 0 Å². The highest BCUT2D eigenvalue weighted by atomic mass is 16.5. The molecular formula is C11H13N3O. The van der Waals surface area contributed by atoms with Crippen molar-refractivity contribution in [3.8, 4) is 5.75 Å². The first-order valence-corrected chi connectivity index (χ1v) is 4.90. The number of nitrogens with two attached hydrogens (primary N) is 1. The lowest BCUT2D eigenvalue weighted by molar-refractivity contribution is 0.418. The predicted octanol–water partition coefficient (Wildman–Crippen LogP) is 1.96. The van der Waals surface area contributed by atoms with Crippen molar-refractivity contribution in [2.24, 2.45) is 0 Å². The van der Waals surface area contributed by atoms with Crippen LogP contribution in [0.15, 0.2) is 18.3 Å². The van der Waals surface area contributed by atoms with Crippen molar-refractivity contribution in [2.75, 3.05) is 12.8 Å². The number of aromatic nitrogens is 2. The second-order valence-corrected chi connectivity index (χ2v) is 3.84. The van der Waals surface area contributed by atoms with Crippen LogP contribution in [0.2, 0.25) is 0 Å². The van der Waals surface area contributed by atoms with Gasteiger partial charge in [0.1, 0.15) is 5.52 Å². The van der Waals surface area contributed by atoms with E-state index in [0.717, 1.165) is 18.2 Å². The Bertz CT molecular complexity index is 601. The zero-order valence-corrected chi connectivity index (χ0v) is 8.10. The number of ether oxygens (including phenoxy) is 1. The molecule has 3 rings (SSSR count). The highest BCUT2D eigenvalue weighted by Crippen LogP contribution is 2.40. The molecule has 0 aliphatic heterocycles. The van der Waals surface area contributed by atoms with Gasteiger partial charge in [-0.3, -0.25) is 4.68 Å². The Morgan fingerprint density at radius 3 is 3.20 bits per heavy atom. The van der Waals surface area contributed by atoms with Crippen LogP contribution in [0.1, 0.15) is 23.0 Å². The molecule has 4 heteroatoms. The van der Waals surface area contributed by atoms with Crippen LogP contribution < -0.4 is 10.5 Å². The van der Waals surface area contributed by atoms with Crippen LogP contribution in [0.5, 0.6) is 5.75 Å². The lowest BCUT2D eigenvalue weighted by atomic mass is 10.2. The van der Waals surface area contributed by atoms with Crippen LogP contribution in [0.3, 0.4) is 0 Å². The molecule has 78 valence electrons. The molecule has 0 saturated heterocycles. The molecule has 1 saturated carbocycles. The lowest BCUT2D eigenvalue weighted by Crippen LogP contribution is -1.99. The van der Waals surface area contributed by atoms with Gasteiger partial charge in [-0.25, -0.2) is 0 Å². The number of rotatable bonds is 2. The summed E-state index contributed by atoms with van der Waals surface area (Å²) in [6, 6.07) is 3.80. The monoisotopic (exact) mass is 206 g/mol. The van der Waals surface area contributed by atoms with Crippen LogP contribution in [-0.4, -0.2) is 16.8 Å². The van der Waals surface area contributed by atoms with E-state index in [1.807, 2.05) is 10.7 Å². The van der Waals surface area contributed by atoms with Crippen LogP contribution in [0.4, 0.5) is 5.69 Å². The molecule has 4 nitrogen and oxygen atoms in total. The maximum Gasteiger partial charge on any atom is 0.167 e. The Kier molecular flexibility index (Phi) is 1.16. The summed E-state index contributed by atoms with van der Waals surface area (Å²) in [5, 5.41) is 5.13. The van der Waals surface area contributed by atoms with E-state index in [2.05, 4.69) is 5.10 Å². The van der Waals surface area contributed by atoms with Gasteiger partial charge in [0.25, 0.3) is 0 Å². The fraction of sp³-hybridized carbons (Fsp3) is 0.364. The zero-order valence-electron chi connectivity index (χ0n) is 11.1.